The van der Waals surface area contributed by atoms with Crippen LogP contribution in [0.15, 0.2) is 24.3 Å². The number of aryl methyl sites for hydroxylation is 2. The van der Waals surface area contributed by atoms with Gasteiger partial charge in [0.25, 0.3) is 0 Å². The van der Waals surface area contributed by atoms with E-state index >= 15 is 0 Å². The van der Waals surface area contributed by atoms with Gasteiger partial charge >= 0.3 is 0 Å². The number of rotatable bonds is 2. The van der Waals surface area contributed by atoms with E-state index in [2.05, 4.69) is 26.0 Å². The molecule has 86 valence electrons. The Labute approximate surface area is 98.2 Å². The van der Waals surface area contributed by atoms with Gasteiger partial charge in [-0.1, -0.05) is 45.0 Å². The van der Waals surface area contributed by atoms with E-state index in [4.69, 9.17) is 0 Å². The summed E-state index contributed by atoms with van der Waals surface area (Å²) in [4.78, 5) is 11.8. The van der Waals surface area contributed by atoms with Crippen LogP contribution in [-0.2, 0) is 4.79 Å². The van der Waals surface area contributed by atoms with Crippen molar-refractivity contribution in [3.05, 3.63) is 41.0 Å². The summed E-state index contributed by atoms with van der Waals surface area (Å²) in [5, 5.41) is 0. The van der Waals surface area contributed by atoms with E-state index < -0.39 is 0 Å². The summed E-state index contributed by atoms with van der Waals surface area (Å²) in [6, 6.07) is 6.16. The second-order valence-corrected chi connectivity index (χ2v) is 5.25. The SMILES string of the molecule is Cc1cccc(C)c1/C=C/C(=O)C(C)(C)C. The predicted octanol–water partition coefficient (Wildman–Crippen LogP) is 3.93. The third kappa shape index (κ3) is 3.06. The minimum atomic E-state index is -0.299. The fourth-order valence-electron chi connectivity index (χ4n) is 1.50. The van der Waals surface area contributed by atoms with E-state index in [0.717, 1.165) is 5.56 Å². The molecule has 0 fully saturated rings. The molecule has 1 aromatic rings. The first-order valence-electron chi connectivity index (χ1n) is 5.61. The standard InChI is InChI=1S/C15H20O/c1-11-7-6-8-12(2)13(11)9-10-14(16)15(3,4)5/h6-10H,1-5H3/b10-9+. The molecule has 0 aliphatic heterocycles. The van der Waals surface area contributed by atoms with E-state index in [1.807, 2.05) is 32.9 Å². The van der Waals surface area contributed by atoms with Crippen LogP contribution in [0.1, 0.15) is 37.5 Å². The summed E-state index contributed by atoms with van der Waals surface area (Å²) >= 11 is 0. The van der Waals surface area contributed by atoms with Gasteiger partial charge in [-0.25, -0.2) is 0 Å². The highest BCUT2D eigenvalue weighted by Gasteiger charge is 2.17. The molecule has 0 atom stereocenters. The van der Waals surface area contributed by atoms with Crippen molar-refractivity contribution in [2.24, 2.45) is 5.41 Å². The zero-order valence-electron chi connectivity index (χ0n) is 10.8. The molecule has 0 unspecified atom stereocenters. The molecule has 0 saturated carbocycles. The summed E-state index contributed by atoms with van der Waals surface area (Å²) in [5.41, 5.74) is 3.27. The Morgan fingerprint density at radius 2 is 1.62 bits per heavy atom. The third-order valence-electron chi connectivity index (χ3n) is 2.68. The molecule has 0 radical (unpaired) electrons. The fraction of sp³-hybridized carbons (Fsp3) is 0.400. The van der Waals surface area contributed by atoms with Crippen LogP contribution >= 0.6 is 0 Å². The minimum absolute atomic E-state index is 0.162. The van der Waals surface area contributed by atoms with E-state index in [0.29, 0.717) is 0 Å². The Morgan fingerprint density at radius 3 is 2.06 bits per heavy atom. The van der Waals surface area contributed by atoms with Crippen LogP contribution in [0.2, 0.25) is 0 Å². The smallest absolute Gasteiger partial charge is 0.161 e. The first-order valence-corrected chi connectivity index (χ1v) is 5.61. The lowest BCUT2D eigenvalue weighted by Gasteiger charge is -2.13. The average Bonchev–Trinajstić information content (AvgIpc) is 2.15. The zero-order valence-corrected chi connectivity index (χ0v) is 10.8. The van der Waals surface area contributed by atoms with Crippen molar-refractivity contribution in [1.82, 2.24) is 0 Å². The minimum Gasteiger partial charge on any atom is -0.294 e. The summed E-state index contributed by atoms with van der Waals surface area (Å²) in [6.45, 7) is 9.93. The number of carbonyl (C=O) groups is 1. The lowest BCUT2D eigenvalue weighted by Crippen LogP contribution is -2.17. The molecule has 0 heterocycles. The highest BCUT2D eigenvalue weighted by Crippen LogP contribution is 2.19. The molecule has 0 N–H and O–H groups in total. The molecule has 0 aromatic heterocycles. The van der Waals surface area contributed by atoms with Gasteiger partial charge in [0.05, 0.1) is 0 Å². The van der Waals surface area contributed by atoms with Crippen molar-refractivity contribution in [2.75, 3.05) is 0 Å². The molecule has 0 saturated heterocycles. The van der Waals surface area contributed by atoms with Gasteiger partial charge in [-0.15, -0.1) is 0 Å². The number of ketones is 1. The Balaban J connectivity index is 2.98. The molecule has 0 amide bonds. The maximum atomic E-state index is 11.8. The average molecular weight is 216 g/mol. The summed E-state index contributed by atoms with van der Waals surface area (Å²) < 4.78 is 0. The molecule has 1 rings (SSSR count). The van der Waals surface area contributed by atoms with Crippen LogP contribution in [0, 0.1) is 19.3 Å². The van der Waals surface area contributed by atoms with E-state index in [1.165, 1.54) is 11.1 Å². The van der Waals surface area contributed by atoms with Crippen LogP contribution in [0.3, 0.4) is 0 Å². The van der Waals surface area contributed by atoms with Gasteiger partial charge < -0.3 is 0 Å². The van der Waals surface area contributed by atoms with Crippen molar-refractivity contribution in [3.63, 3.8) is 0 Å². The first kappa shape index (κ1) is 12.7. The number of carbonyl (C=O) groups excluding carboxylic acids is 1. The van der Waals surface area contributed by atoms with Gasteiger partial charge in [0.15, 0.2) is 5.78 Å². The van der Waals surface area contributed by atoms with Crippen LogP contribution < -0.4 is 0 Å². The van der Waals surface area contributed by atoms with Crippen molar-refractivity contribution >= 4 is 11.9 Å². The molecule has 1 nitrogen and oxygen atoms in total. The normalized spacial score (nSPS) is 12.1. The molecular weight excluding hydrogens is 196 g/mol. The number of hydrogen-bond donors (Lipinski definition) is 0. The Morgan fingerprint density at radius 1 is 1.12 bits per heavy atom. The van der Waals surface area contributed by atoms with Gasteiger partial charge in [-0.2, -0.15) is 0 Å². The van der Waals surface area contributed by atoms with Gasteiger partial charge in [0.1, 0.15) is 0 Å². The predicted molar refractivity (Wildman–Crippen MR) is 69.4 cm³/mol. The van der Waals surface area contributed by atoms with Crippen molar-refractivity contribution in [1.29, 1.82) is 0 Å². The van der Waals surface area contributed by atoms with E-state index in [1.54, 1.807) is 6.08 Å². The highest BCUT2D eigenvalue weighted by molar-refractivity contribution is 5.97. The van der Waals surface area contributed by atoms with E-state index in [-0.39, 0.29) is 11.2 Å². The number of hydrogen-bond acceptors (Lipinski definition) is 1. The van der Waals surface area contributed by atoms with Gasteiger partial charge in [0, 0.05) is 5.41 Å². The Hall–Kier alpha value is -1.37. The quantitative estimate of drug-likeness (QED) is 0.684. The molecule has 16 heavy (non-hydrogen) atoms. The van der Waals surface area contributed by atoms with Crippen LogP contribution in [-0.4, -0.2) is 5.78 Å². The van der Waals surface area contributed by atoms with Crippen LogP contribution in [0.5, 0.6) is 0 Å². The summed E-state index contributed by atoms with van der Waals surface area (Å²) in [5.74, 6) is 0.162. The van der Waals surface area contributed by atoms with Gasteiger partial charge in [0.2, 0.25) is 0 Å². The van der Waals surface area contributed by atoms with Crippen molar-refractivity contribution < 1.29 is 4.79 Å². The molecule has 1 aromatic carbocycles. The first-order chi connectivity index (χ1) is 7.32. The Bertz CT molecular complexity index is 399. The molecular formula is C15H20O. The third-order valence-corrected chi connectivity index (χ3v) is 2.68. The second-order valence-electron chi connectivity index (χ2n) is 5.25. The molecule has 0 bridgehead atoms. The fourth-order valence-corrected chi connectivity index (χ4v) is 1.50. The van der Waals surface area contributed by atoms with Gasteiger partial charge in [-0.3, -0.25) is 4.79 Å². The largest absolute Gasteiger partial charge is 0.294 e. The number of benzene rings is 1. The molecule has 1 heteroatoms. The van der Waals surface area contributed by atoms with Crippen molar-refractivity contribution in [2.45, 2.75) is 34.6 Å². The monoisotopic (exact) mass is 216 g/mol. The topological polar surface area (TPSA) is 17.1 Å². The lowest BCUT2D eigenvalue weighted by atomic mass is 9.90. The molecule has 0 spiro atoms. The maximum Gasteiger partial charge on any atom is 0.161 e. The molecule has 0 aliphatic rings. The van der Waals surface area contributed by atoms with Gasteiger partial charge in [-0.05, 0) is 36.6 Å². The van der Waals surface area contributed by atoms with Crippen molar-refractivity contribution in [3.8, 4) is 0 Å². The second kappa shape index (κ2) is 4.65. The van der Waals surface area contributed by atoms with E-state index in [9.17, 15) is 4.79 Å². The maximum absolute atomic E-state index is 11.8. The summed E-state index contributed by atoms with van der Waals surface area (Å²) in [7, 11) is 0. The Kier molecular flexibility index (Phi) is 3.69. The highest BCUT2D eigenvalue weighted by atomic mass is 16.1. The van der Waals surface area contributed by atoms with Crippen LogP contribution in [0.4, 0.5) is 0 Å². The zero-order chi connectivity index (χ0) is 12.3. The number of allylic oxidation sites excluding steroid dienone is 1. The molecule has 0 aliphatic carbocycles. The van der Waals surface area contributed by atoms with Crippen LogP contribution in [0.25, 0.3) is 6.08 Å². The lowest BCUT2D eigenvalue weighted by molar-refractivity contribution is -0.121. The summed E-state index contributed by atoms with van der Waals surface area (Å²) in [6.07, 6.45) is 3.62.